The van der Waals surface area contributed by atoms with Gasteiger partial charge in [0.15, 0.2) is 0 Å². The number of primary amides is 1. The Labute approximate surface area is 185 Å². The molecule has 1 aromatic carbocycles. The standard InChI is InChI=1S/C21H18FN3O4S2/c22-12-7-5-11(6-8-12)9-15-20(28)25(21(29)31-15)10-16(26)24-19-17(18(23)27)13-3-1-2-4-14(13)30-19/h5-9H,1-4,10H2,(H2,23,27)(H,24,26)/b15-9+. The van der Waals surface area contributed by atoms with Gasteiger partial charge in [-0.2, -0.15) is 0 Å². The van der Waals surface area contributed by atoms with Gasteiger partial charge in [0.2, 0.25) is 5.91 Å². The lowest BCUT2D eigenvalue weighted by atomic mass is 9.95. The average Bonchev–Trinajstić information content (AvgIpc) is 3.21. The molecule has 2 aliphatic rings. The van der Waals surface area contributed by atoms with Crippen LogP contribution in [0.3, 0.4) is 0 Å². The molecule has 10 heteroatoms. The second kappa shape index (κ2) is 8.64. The molecule has 2 aromatic rings. The van der Waals surface area contributed by atoms with Gasteiger partial charge in [0, 0.05) is 4.88 Å². The van der Waals surface area contributed by atoms with Crippen LogP contribution in [-0.4, -0.2) is 34.4 Å². The maximum Gasteiger partial charge on any atom is 0.294 e. The highest BCUT2D eigenvalue weighted by molar-refractivity contribution is 8.18. The number of carbonyl (C=O) groups is 4. The van der Waals surface area contributed by atoms with E-state index in [0.29, 0.717) is 27.9 Å². The summed E-state index contributed by atoms with van der Waals surface area (Å²) in [5, 5.41) is 2.43. The topological polar surface area (TPSA) is 110 Å². The zero-order valence-electron chi connectivity index (χ0n) is 16.3. The van der Waals surface area contributed by atoms with E-state index in [0.717, 1.165) is 41.0 Å². The first-order chi connectivity index (χ1) is 14.8. The Bertz CT molecular complexity index is 1120. The average molecular weight is 460 g/mol. The lowest BCUT2D eigenvalue weighted by Gasteiger charge is -2.13. The first-order valence-corrected chi connectivity index (χ1v) is 11.2. The third-order valence-electron chi connectivity index (χ3n) is 5.01. The fraction of sp³-hybridized carbons (Fsp3) is 0.238. The normalized spacial score (nSPS) is 17.2. The third kappa shape index (κ3) is 4.40. The molecule has 1 aliphatic carbocycles. The zero-order valence-corrected chi connectivity index (χ0v) is 17.9. The SMILES string of the molecule is NC(=O)c1c(NC(=O)CN2C(=O)S/C(=C/c3ccc(F)cc3)C2=O)sc2c1CCCC2. The number of imide groups is 1. The van der Waals surface area contributed by atoms with E-state index in [9.17, 15) is 23.6 Å². The van der Waals surface area contributed by atoms with Crippen LogP contribution in [0, 0.1) is 5.82 Å². The van der Waals surface area contributed by atoms with Crippen LogP contribution in [0.5, 0.6) is 0 Å². The number of aryl methyl sites for hydroxylation is 1. The predicted molar refractivity (Wildman–Crippen MR) is 117 cm³/mol. The summed E-state index contributed by atoms with van der Waals surface area (Å²) in [6.45, 7) is -0.480. The third-order valence-corrected chi connectivity index (χ3v) is 7.13. The van der Waals surface area contributed by atoms with Gasteiger partial charge in [-0.15, -0.1) is 11.3 Å². The minimum Gasteiger partial charge on any atom is -0.365 e. The van der Waals surface area contributed by atoms with Crippen molar-refractivity contribution in [2.45, 2.75) is 25.7 Å². The van der Waals surface area contributed by atoms with Crippen molar-refractivity contribution in [1.29, 1.82) is 0 Å². The number of halogens is 1. The number of benzene rings is 1. The summed E-state index contributed by atoms with van der Waals surface area (Å²) in [7, 11) is 0. The Hall–Kier alpha value is -2.98. The van der Waals surface area contributed by atoms with Crippen molar-refractivity contribution in [3.8, 4) is 0 Å². The number of thioether (sulfide) groups is 1. The van der Waals surface area contributed by atoms with Gasteiger partial charge in [-0.05, 0) is 66.8 Å². The Morgan fingerprint density at radius 1 is 1.16 bits per heavy atom. The first kappa shape index (κ1) is 21.3. The van der Waals surface area contributed by atoms with E-state index in [2.05, 4.69) is 5.32 Å². The van der Waals surface area contributed by atoms with Gasteiger partial charge < -0.3 is 11.1 Å². The summed E-state index contributed by atoms with van der Waals surface area (Å²) in [6, 6.07) is 5.47. The quantitative estimate of drug-likeness (QED) is 0.665. The molecule has 1 saturated heterocycles. The second-order valence-electron chi connectivity index (χ2n) is 7.15. The lowest BCUT2D eigenvalue weighted by Crippen LogP contribution is -2.36. The summed E-state index contributed by atoms with van der Waals surface area (Å²) < 4.78 is 13.0. The number of hydrogen-bond donors (Lipinski definition) is 2. The van der Waals surface area contributed by atoms with Crippen molar-refractivity contribution in [3.05, 3.63) is 56.6 Å². The summed E-state index contributed by atoms with van der Waals surface area (Å²) in [5.41, 5.74) is 7.29. The number of nitrogens with zero attached hydrogens (tertiary/aromatic N) is 1. The van der Waals surface area contributed by atoms with Crippen LogP contribution in [0.1, 0.15) is 39.2 Å². The molecular weight excluding hydrogens is 441 g/mol. The van der Waals surface area contributed by atoms with Gasteiger partial charge in [-0.25, -0.2) is 4.39 Å². The van der Waals surface area contributed by atoms with Crippen molar-refractivity contribution in [2.24, 2.45) is 5.73 Å². The maximum absolute atomic E-state index is 13.0. The molecule has 0 bridgehead atoms. The summed E-state index contributed by atoms with van der Waals surface area (Å²) in [4.78, 5) is 51.4. The molecule has 0 atom stereocenters. The second-order valence-corrected chi connectivity index (χ2v) is 9.25. The van der Waals surface area contributed by atoms with Crippen molar-refractivity contribution >= 4 is 57.1 Å². The van der Waals surface area contributed by atoms with Gasteiger partial charge in [-0.3, -0.25) is 24.1 Å². The predicted octanol–water partition coefficient (Wildman–Crippen LogP) is 3.54. The summed E-state index contributed by atoms with van der Waals surface area (Å²) in [5.74, 6) is -2.21. The molecule has 0 radical (unpaired) electrons. The van der Waals surface area contributed by atoms with Crippen LogP contribution in [0.2, 0.25) is 0 Å². The molecule has 3 N–H and O–H groups in total. The summed E-state index contributed by atoms with van der Waals surface area (Å²) in [6.07, 6.45) is 5.00. The highest BCUT2D eigenvalue weighted by Crippen LogP contribution is 2.38. The Kier molecular flexibility index (Phi) is 5.92. The number of amides is 4. The molecule has 7 nitrogen and oxygen atoms in total. The molecule has 1 fully saturated rings. The molecule has 0 saturated carbocycles. The van der Waals surface area contributed by atoms with Crippen LogP contribution in [0.25, 0.3) is 6.08 Å². The minimum absolute atomic E-state index is 0.147. The first-order valence-electron chi connectivity index (χ1n) is 9.58. The Morgan fingerprint density at radius 2 is 1.87 bits per heavy atom. The maximum atomic E-state index is 13.0. The molecule has 31 heavy (non-hydrogen) atoms. The van der Waals surface area contributed by atoms with E-state index in [1.807, 2.05) is 0 Å². The lowest BCUT2D eigenvalue weighted by molar-refractivity contribution is -0.127. The molecule has 0 unspecified atom stereocenters. The number of hydrogen-bond acceptors (Lipinski definition) is 6. The van der Waals surface area contributed by atoms with Crippen molar-refractivity contribution in [1.82, 2.24) is 4.90 Å². The van der Waals surface area contributed by atoms with Crippen LogP contribution < -0.4 is 11.1 Å². The number of thiophene rings is 1. The zero-order chi connectivity index (χ0) is 22.1. The molecule has 4 rings (SSSR count). The number of nitrogens with two attached hydrogens (primary N) is 1. The monoisotopic (exact) mass is 459 g/mol. The molecule has 1 aromatic heterocycles. The van der Waals surface area contributed by atoms with E-state index in [4.69, 9.17) is 5.73 Å². The molecular formula is C21H18FN3O4S2. The number of nitrogens with one attached hydrogen (secondary N) is 1. The fourth-order valence-electron chi connectivity index (χ4n) is 3.57. The van der Waals surface area contributed by atoms with Crippen LogP contribution in [0.15, 0.2) is 29.2 Å². The summed E-state index contributed by atoms with van der Waals surface area (Å²) >= 11 is 2.03. The highest BCUT2D eigenvalue weighted by atomic mass is 32.2. The smallest absolute Gasteiger partial charge is 0.294 e. The van der Waals surface area contributed by atoms with Crippen LogP contribution >= 0.6 is 23.1 Å². The van der Waals surface area contributed by atoms with E-state index in [1.165, 1.54) is 41.7 Å². The number of rotatable bonds is 5. The Morgan fingerprint density at radius 3 is 2.58 bits per heavy atom. The highest BCUT2D eigenvalue weighted by Gasteiger charge is 2.36. The van der Waals surface area contributed by atoms with Crippen LogP contribution in [0.4, 0.5) is 14.2 Å². The van der Waals surface area contributed by atoms with Crippen molar-refractivity contribution < 1.29 is 23.6 Å². The van der Waals surface area contributed by atoms with Crippen molar-refractivity contribution in [2.75, 3.05) is 11.9 Å². The molecule has 4 amide bonds. The van der Waals surface area contributed by atoms with E-state index in [1.54, 1.807) is 0 Å². The number of fused-ring (bicyclic) bond motifs is 1. The molecule has 160 valence electrons. The van der Waals surface area contributed by atoms with E-state index >= 15 is 0 Å². The molecule has 2 heterocycles. The minimum atomic E-state index is -0.608. The van der Waals surface area contributed by atoms with Gasteiger partial charge in [0.05, 0.1) is 10.5 Å². The number of carbonyl (C=O) groups excluding carboxylic acids is 4. The Balaban J connectivity index is 1.48. The van der Waals surface area contributed by atoms with Gasteiger partial charge in [0.25, 0.3) is 17.1 Å². The van der Waals surface area contributed by atoms with Gasteiger partial charge in [0.1, 0.15) is 17.4 Å². The van der Waals surface area contributed by atoms with Crippen molar-refractivity contribution in [3.63, 3.8) is 0 Å². The van der Waals surface area contributed by atoms with E-state index < -0.39 is 35.3 Å². The van der Waals surface area contributed by atoms with Crippen LogP contribution in [-0.2, 0) is 22.4 Å². The number of anilines is 1. The molecule has 1 aliphatic heterocycles. The van der Waals surface area contributed by atoms with E-state index in [-0.39, 0.29) is 4.91 Å². The fourth-order valence-corrected chi connectivity index (χ4v) is 5.72. The largest absolute Gasteiger partial charge is 0.365 e. The molecule has 0 spiro atoms. The van der Waals surface area contributed by atoms with Gasteiger partial charge >= 0.3 is 0 Å². The van der Waals surface area contributed by atoms with Gasteiger partial charge in [-0.1, -0.05) is 12.1 Å².